The first-order valence-corrected chi connectivity index (χ1v) is 7.31. The largest absolute Gasteiger partial charge is 0.349 e. The van der Waals surface area contributed by atoms with Crippen LogP contribution in [0.25, 0.3) is 0 Å². The number of halogens is 1. The Morgan fingerprint density at radius 3 is 2.57 bits per heavy atom. The zero-order valence-corrected chi connectivity index (χ0v) is 11.8. The lowest BCUT2D eigenvalue weighted by Crippen LogP contribution is -2.31. The maximum atomic E-state index is 13.2. The van der Waals surface area contributed by atoms with Gasteiger partial charge in [0.25, 0.3) is 0 Å². The predicted octanol–water partition coefficient (Wildman–Crippen LogP) is 3.64. The third kappa shape index (κ3) is 3.69. The summed E-state index contributed by atoms with van der Waals surface area (Å²) in [6, 6.07) is 16.3. The summed E-state index contributed by atoms with van der Waals surface area (Å²) in [6.07, 6.45) is 2.52. The summed E-state index contributed by atoms with van der Waals surface area (Å²) in [7, 11) is 0. The fourth-order valence-electron chi connectivity index (χ4n) is 2.62. The molecule has 1 aliphatic carbocycles. The van der Waals surface area contributed by atoms with Gasteiger partial charge in [-0.15, -0.1) is 0 Å². The second-order valence-corrected chi connectivity index (χ2v) is 5.60. The molecular formula is C18H18FNO. The lowest BCUT2D eigenvalue weighted by atomic mass is 10.0. The first-order valence-electron chi connectivity index (χ1n) is 7.31. The van der Waals surface area contributed by atoms with Crippen molar-refractivity contribution in [2.45, 2.75) is 25.3 Å². The molecule has 1 atom stereocenters. The van der Waals surface area contributed by atoms with E-state index < -0.39 is 0 Å². The zero-order chi connectivity index (χ0) is 14.7. The summed E-state index contributed by atoms with van der Waals surface area (Å²) in [4.78, 5) is 12.2. The van der Waals surface area contributed by atoms with Crippen molar-refractivity contribution in [3.8, 4) is 0 Å². The smallest absolute Gasteiger partial charge is 0.224 e. The Kier molecular flexibility index (Phi) is 4.00. The zero-order valence-electron chi connectivity index (χ0n) is 11.8. The fraction of sp³-hybridized carbons (Fsp3) is 0.278. The lowest BCUT2D eigenvalue weighted by molar-refractivity contribution is -0.121. The van der Waals surface area contributed by atoms with Gasteiger partial charge in [-0.05, 0) is 42.0 Å². The standard InChI is InChI=1S/C18H18FNO/c19-16-8-4-5-13(11-16)12-17(21)20-18(15-9-10-15)14-6-2-1-3-7-14/h1-8,11,15,18H,9-10,12H2,(H,20,21)/t18-/m1/s1. The Morgan fingerprint density at radius 1 is 1.14 bits per heavy atom. The van der Waals surface area contributed by atoms with Gasteiger partial charge >= 0.3 is 0 Å². The van der Waals surface area contributed by atoms with Gasteiger partial charge in [0.1, 0.15) is 5.82 Å². The van der Waals surface area contributed by atoms with Gasteiger partial charge in [-0.3, -0.25) is 4.79 Å². The summed E-state index contributed by atoms with van der Waals surface area (Å²) < 4.78 is 13.2. The number of benzene rings is 2. The summed E-state index contributed by atoms with van der Waals surface area (Å²) in [6.45, 7) is 0. The van der Waals surface area contributed by atoms with Gasteiger partial charge in [0.05, 0.1) is 12.5 Å². The second-order valence-electron chi connectivity index (χ2n) is 5.60. The van der Waals surface area contributed by atoms with Crippen LogP contribution in [0, 0.1) is 11.7 Å². The number of carbonyl (C=O) groups is 1. The minimum absolute atomic E-state index is 0.0543. The SMILES string of the molecule is O=C(Cc1cccc(F)c1)N[C@H](c1ccccc1)C1CC1. The molecule has 108 valence electrons. The molecular weight excluding hydrogens is 265 g/mol. The highest BCUT2D eigenvalue weighted by Gasteiger charge is 2.33. The number of hydrogen-bond acceptors (Lipinski definition) is 1. The van der Waals surface area contributed by atoms with E-state index in [1.807, 2.05) is 30.3 Å². The molecule has 1 N–H and O–H groups in total. The van der Waals surface area contributed by atoms with Crippen molar-refractivity contribution in [1.82, 2.24) is 5.32 Å². The van der Waals surface area contributed by atoms with Gasteiger partial charge in [0.15, 0.2) is 0 Å². The molecule has 3 heteroatoms. The van der Waals surface area contributed by atoms with Gasteiger partial charge < -0.3 is 5.32 Å². The van der Waals surface area contributed by atoms with Crippen molar-refractivity contribution < 1.29 is 9.18 Å². The van der Waals surface area contributed by atoms with E-state index in [0.717, 1.165) is 18.4 Å². The second kappa shape index (κ2) is 6.08. The Labute approximate surface area is 124 Å². The van der Waals surface area contributed by atoms with E-state index in [4.69, 9.17) is 0 Å². The monoisotopic (exact) mass is 283 g/mol. The molecule has 1 aliphatic rings. The molecule has 0 unspecified atom stereocenters. The molecule has 1 amide bonds. The highest BCUT2D eigenvalue weighted by Crippen LogP contribution is 2.40. The molecule has 0 spiro atoms. The topological polar surface area (TPSA) is 29.1 Å². The van der Waals surface area contributed by atoms with E-state index >= 15 is 0 Å². The van der Waals surface area contributed by atoms with Crippen molar-refractivity contribution >= 4 is 5.91 Å². The van der Waals surface area contributed by atoms with Crippen LogP contribution in [0.4, 0.5) is 4.39 Å². The molecule has 21 heavy (non-hydrogen) atoms. The highest BCUT2D eigenvalue weighted by atomic mass is 19.1. The molecule has 2 nitrogen and oxygen atoms in total. The normalized spacial score (nSPS) is 15.5. The highest BCUT2D eigenvalue weighted by molar-refractivity contribution is 5.79. The minimum atomic E-state index is -0.304. The molecule has 0 bridgehead atoms. The average Bonchev–Trinajstić information content (AvgIpc) is 3.30. The molecule has 0 aromatic heterocycles. The summed E-state index contributed by atoms with van der Waals surface area (Å²) in [5, 5.41) is 3.10. The number of amides is 1. The molecule has 0 saturated heterocycles. The van der Waals surface area contributed by atoms with Crippen LogP contribution in [0.3, 0.4) is 0 Å². The molecule has 3 rings (SSSR count). The van der Waals surface area contributed by atoms with Crippen LogP contribution in [-0.4, -0.2) is 5.91 Å². The van der Waals surface area contributed by atoms with Crippen LogP contribution in [0.1, 0.15) is 30.0 Å². The predicted molar refractivity (Wildman–Crippen MR) is 80.2 cm³/mol. The van der Waals surface area contributed by atoms with Crippen LogP contribution >= 0.6 is 0 Å². The van der Waals surface area contributed by atoms with Crippen LogP contribution in [0.15, 0.2) is 54.6 Å². The summed E-state index contributed by atoms with van der Waals surface area (Å²) in [5.41, 5.74) is 1.85. The van der Waals surface area contributed by atoms with Crippen LogP contribution in [0.2, 0.25) is 0 Å². The molecule has 1 saturated carbocycles. The molecule has 1 fully saturated rings. The van der Waals surface area contributed by atoms with Gasteiger partial charge in [0.2, 0.25) is 5.91 Å². The fourth-order valence-corrected chi connectivity index (χ4v) is 2.62. The quantitative estimate of drug-likeness (QED) is 0.892. The third-order valence-corrected chi connectivity index (χ3v) is 3.82. The van der Waals surface area contributed by atoms with Crippen LogP contribution in [-0.2, 0) is 11.2 Å². The van der Waals surface area contributed by atoms with E-state index in [1.165, 1.54) is 12.1 Å². The van der Waals surface area contributed by atoms with Gasteiger partial charge in [-0.25, -0.2) is 4.39 Å². The summed E-state index contributed by atoms with van der Waals surface area (Å²) >= 11 is 0. The molecule has 0 heterocycles. The third-order valence-electron chi connectivity index (χ3n) is 3.82. The Hall–Kier alpha value is -2.16. The first-order chi connectivity index (χ1) is 10.2. The Balaban J connectivity index is 1.67. The number of carbonyl (C=O) groups excluding carboxylic acids is 1. The van der Waals surface area contributed by atoms with Crippen LogP contribution in [0.5, 0.6) is 0 Å². The Bertz CT molecular complexity index is 622. The van der Waals surface area contributed by atoms with E-state index in [-0.39, 0.29) is 24.2 Å². The Morgan fingerprint density at radius 2 is 1.90 bits per heavy atom. The van der Waals surface area contributed by atoms with E-state index in [1.54, 1.807) is 12.1 Å². The average molecular weight is 283 g/mol. The van der Waals surface area contributed by atoms with Gasteiger partial charge in [-0.1, -0.05) is 42.5 Å². The summed E-state index contributed by atoms with van der Waals surface area (Å²) in [5.74, 6) is 0.173. The van der Waals surface area contributed by atoms with Crippen molar-refractivity contribution in [3.05, 3.63) is 71.5 Å². The number of hydrogen-bond donors (Lipinski definition) is 1. The maximum absolute atomic E-state index is 13.2. The number of nitrogens with one attached hydrogen (secondary N) is 1. The van der Waals surface area contributed by atoms with Crippen molar-refractivity contribution in [1.29, 1.82) is 0 Å². The van der Waals surface area contributed by atoms with Crippen molar-refractivity contribution in [2.24, 2.45) is 5.92 Å². The molecule has 2 aromatic rings. The number of rotatable bonds is 5. The van der Waals surface area contributed by atoms with Crippen molar-refractivity contribution in [2.75, 3.05) is 0 Å². The van der Waals surface area contributed by atoms with E-state index in [0.29, 0.717) is 11.5 Å². The minimum Gasteiger partial charge on any atom is -0.349 e. The van der Waals surface area contributed by atoms with Gasteiger partial charge in [0, 0.05) is 0 Å². The van der Waals surface area contributed by atoms with E-state index in [9.17, 15) is 9.18 Å². The molecule has 2 aromatic carbocycles. The molecule has 0 radical (unpaired) electrons. The maximum Gasteiger partial charge on any atom is 0.224 e. The van der Waals surface area contributed by atoms with Gasteiger partial charge in [-0.2, -0.15) is 0 Å². The van der Waals surface area contributed by atoms with Crippen molar-refractivity contribution in [3.63, 3.8) is 0 Å². The van der Waals surface area contributed by atoms with Crippen LogP contribution < -0.4 is 5.32 Å². The lowest BCUT2D eigenvalue weighted by Gasteiger charge is -2.19. The molecule has 0 aliphatic heterocycles. The first kappa shape index (κ1) is 13.8. The van der Waals surface area contributed by atoms with E-state index in [2.05, 4.69) is 5.32 Å².